The molecule has 0 saturated heterocycles. The number of carbonyl (C=O) groups excluding carboxylic acids is 1. The van der Waals surface area contributed by atoms with Gasteiger partial charge in [-0.25, -0.2) is 4.98 Å². The number of fused-ring (bicyclic) bond motifs is 1. The van der Waals surface area contributed by atoms with E-state index in [0.29, 0.717) is 6.54 Å². The zero-order valence-electron chi connectivity index (χ0n) is 11.9. The molecule has 1 aromatic heterocycles. The Hall–Kier alpha value is -1.84. The predicted molar refractivity (Wildman–Crippen MR) is 79.1 cm³/mol. The maximum Gasteiger partial charge on any atom is 0.225 e. The molecule has 0 spiro atoms. The van der Waals surface area contributed by atoms with E-state index >= 15 is 0 Å². The molecule has 20 heavy (non-hydrogen) atoms. The molecule has 1 fully saturated rings. The van der Waals surface area contributed by atoms with Crippen LogP contribution in [-0.2, 0) is 11.3 Å². The van der Waals surface area contributed by atoms with Crippen molar-refractivity contribution in [2.45, 2.75) is 38.6 Å². The van der Waals surface area contributed by atoms with E-state index in [2.05, 4.69) is 9.97 Å². The van der Waals surface area contributed by atoms with Crippen molar-refractivity contribution in [2.75, 3.05) is 7.05 Å². The molecule has 1 aliphatic carbocycles. The van der Waals surface area contributed by atoms with Gasteiger partial charge in [0.2, 0.25) is 5.91 Å². The Morgan fingerprint density at radius 1 is 1.30 bits per heavy atom. The van der Waals surface area contributed by atoms with Crippen molar-refractivity contribution < 1.29 is 4.79 Å². The van der Waals surface area contributed by atoms with E-state index in [-0.39, 0.29) is 11.8 Å². The van der Waals surface area contributed by atoms with Crippen LogP contribution in [0, 0.1) is 5.92 Å². The van der Waals surface area contributed by atoms with Crippen LogP contribution in [0.3, 0.4) is 0 Å². The summed E-state index contributed by atoms with van der Waals surface area (Å²) in [7, 11) is 1.88. The lowest BCUT2D eigenvalue weighted by Gasteiger charge is -2.25. The number of nitrogens with one attached hydrogen (secondary N) is 1. The number of imidazole rings is 1. The topological polar surface area (TPSA) is 49.0 Å². The molecule has 0 aliphatic heterocycles. The van der Waals surface area contributed by atoms with Crippen molar-refractivity contribution >= 4 is 16.9 Å². The molecule has 0 radical (unpaired) electrons. The largest absolute Gasteiger partial charge is 0.340 e. The molecule has 1 saturated carbocycles. The van der Waals surface area contributed by atoms with Crippen LogP contribution in [0.4, 0.5) is 0 Å². The Kier molecular flexibility index (Phi) is 3.72. The van der Waals surface area contributed by atoms with Crippen molar-refractivity contribution in [3.63, 3.8) is 0 Å². The summed E-state index contributed by atoms with van der Waals surface area (Å²) >= 11 is 0. The van der Waals surface area contributed by atoms with Crippen LogP contribution in [-0.4, -0.2) is 27.8 Å². The summed E-state index contributed by atoms with van der Waals surface area (Å²) in [6.45, 7) is 0.560. The number of hydrogen-bond donors (Lipinski definition) is 1. The molecule has 4 nitrogen and oxygen atoms in total. The molecule has 3 rings (SSSR count). The Morgan fingerprint density at radius 3 is 2.80 bits per heavy atom. The lowest BCUT2D eigenvalue weighted by atomic mass is 9.88. The second-order valence-corrected chi connectivity index (χ2v) is 5.73. The van der Waals surface area contributed by atoms with Crippen molar-refractivity contribution in [1.82, 2.24) is 14.9 Å². The molecule has 1 N–H and O–H groups in total. The van der Waals surface area contributed by atoms with Gasteiger partial charge < -0.3 is 9.88 Å². The van der Waals surface area contributed by atoms with Crippen LogP contribution in [0.2, 0.25) is 0 Å². The fourth-order valence-electron chi connectivity index (χ4n) is 3.04. The van der Waals surface area contributed by atoms with E-state index in [9.17, 15) is 4.79 Å². The molecule has 1 aromatic carbocycles. The van der Waals surface area contributed by atoms with Crippen LogP contribution >= 0.6 is 0 Å². The number of benzene rings is 1. The average Bonchev–Trinajstić information content (AvgIpc) is 2.89. The molecular weight excluding hydrogens is 250 g/mol. The van der Waals surface area contributed by atoms with Gasteiger partial charge in [-0.1, -0.05) is 31.4 Å². The number of nitrogens with zero attached hydrogens (tertiary/aromatic N) is 2. The molecule has 0 bridgehead atoms. The van der Waals surface area contributed by atoms with Gasteiger partial charge >= 0.3 is 0 Å². The number of carbonyl (C=O) groups is 1. The van der Waals surface area contributed by atoms with E-state index in [4.69, 9.17) is 0 Å². The predicted octanol–water partition coefficient (Wildman–Crippen LogP) is 3.10. The Balaban J connectivity index is 1.68. The second-order valence-electron chi connectivity index (χ2n) is 5.73. The van der Waals surface area contributed by atoms with E-state index < -0.39 is 0 Å². The molecule has 0 unspecified atom stereocenters. The highest BCUT2D eigenvalue weighted by Crippen LogP contribution is 2.25. The van der Waals surface area contributed by atoms with Crippen molar-refractivity contribution in [3.8, 4) is 0 Å². The summed E-state index contributed by atoms with van der Waals surface area (Å²) in [4.78, 5) is 22.0. The van der Waals surface area contributed by atoms with E-state index in [1.807, 2.05) is 36.2 Å². The highest BCUT2D eigenvalue weighted by Gasteiger charge is 2.24. The minimum absolute atomic E-state index is 0.220. The van der Waals surface area contributed by atoms with Gasteiger partial charge in [-0.2, -0.15) is 0 Å². The SMILES string of the molecule is CN(Cc1nc2ccccc2[nH]1)C(=O)C1CCCCC1. The number of rotatable bonds is 3. The van der Waals surface area contributed by atoms with Crippen molar-refractivity contribution in [3.05, 3.63) is 30.1 Å². The normalized spacial score (nSPS) is 16.4. The number of para-hydroxylation sites is 2. The number of hydrogen-bond acceptors (Lipinski definition) is 2. The average molecular weight is 271 g/mol. The Labute approximate surface area is 119 Å². The third-order valence-electron chi connectivity index (χ3n) is 4.16. The number of amides is 1. The van der Waals surface area contributed by atoms with Crippen molar-refractivity contribution in [1.29, 1.82) is 0 Å². The van der Waals surface area contributed by atoms with E-state index in [1.165, 1.54) is 19.3 Å². The highest BCUT2D eigenvalue weighted by atomic mass is 16.2. The van der Waals surface area contributed by atoms with Gasteiger partial charge in [0.25, 0.3) is 0 Å². The zero-order chi connectivity index (χ0) is 13.9. The summed E-state index contributed by atoms with van der Waals surface area (Å²) in [6, 6.07) is 7.96. The third kappa shape index (κ3) is 2.69. The fraction of sp³-hybridized carbons (Fsp3) is 0.500. The monoisotopic (exact) mass is 271 g/mol. The summed E-state index contributed by atoms with van der Waals surface area (Å²) < 4.78 is 0. The van der Waals surface area contributed by atoms with Crippen LogP contribution in [0.1, 0.15) is 37.9 Å². The summed E-state index contributed by atoms with van der Waals surface area (Å²) in [5.41, 5.74) is 1.99. The summed E-state index contributed by atoms with van der Waals surface area (Å²) in [5.74, 6) is 1.35. The molecule has 106 valence electrons. The van der Waals surface area contributed by atoms with Gasteiger partial charge in [0, 0.05) is 13.0 Å². The van der Waals surface area contributed by atoms with Crippen LogP contribution in [0.5, 0.6) is 0 Å². The highest BCUT2D eigenvalue weighted by molar-refractivity contribution is 5.79. The maximum absolute atomic E-state index is 12.4. The zero-order valence-corrected chi connectivity index (χ0v) is 11.9. The van der Waals surface area contributed by atoms with Gasteiger partial charge in [-0.05, 0) is 25.0 Å². The third-order valence-corrected chi connectivity index (χ3v) is 4.16. The maximum atomic E-state index is 12.4. The van der Waals surface area contributed by atoms with E-state index in [1.54, 1.807) is 0 Å². The number of aromatic amines is 1. The van der Waals surface area contributed by atoms with Crippen molar-refractivity contribution in [2.24, 2.45) is 5.92 Å². The van der Waals surface area contributed by atoms with Crippen LogP contribution in [0.25, 0.3) is 11.0 Å². The second kappa shape index (κ2) is 5.65. The lowest BCUT2D eigenvalue weighted by molar-refractivity contribution is -0.135. The Bertz CT molecular complexity index is 566. The molecule has 1 amide bonds. The molecule has 1 heterocycles. The van der Waals surface area contributed by atoms with Crippen LogP contribution in [0.15, 0.2) is 24.3 Å². The first kappa shape index (κ1) is 13.2. The lowest BCUT2D eigenvalue weighted by Crippen LogP contribution is -2.33. The first-order chi connectivity index (χ1) is 9.74. The van der Waals surface area contributed by atoms with Gasteiger partial charge in [0.05, 0.1) is 17.6 Å². The molecular formula is C16H21N3O. The van der Waals surface area contributed by atoms with Gasteiger partial charge in [-0.15, -0.1) is 0 Å². The van der Waals surface area contributed by atoms with Crippen LogP contribution < -0.4 is 0 Å². The van der Waals surface area contributed by atoms with Gasteiger partial charge in [0.1, 0.15) is 5.82 Å². The quantitative estimate of drug-likeness (QED) is 0.932. The molecule has 4 heteroatoms. The summed E-state index contributed by atoms with van der Waals surface area (Å²) in [5, 5.41) is 0. The first-order valence-electron chi connectivity index (χ1n) is 7.42. The molecule has 0 atom stereocenters. The number of H-pyrrole nitrogens is 1. The number of aromatic nitrogens is 2. The first-order valence-corrected chi connectivity index (χ1v) is 7.42. The molecule has 1 aliphatic rings. The molecule has 2 aromatic rings. The van der Waals surface area contributed by atoms with Gasteiger partial charge in [-0.3, -0.25) is 4.79 Å². The minimum atomic E-state index is 0.220. The van der Waals surface area contributed by atoms with Gasteiger partial charge in [0.15, 0.2) is 0 Å². The smallest absolute Gasteiger partial charge is 0.225 e. The van der Waals surface area contributed by atoms with E-state index in [0.717, 1.165) is 29.7 Å². The Morgan fingerprint density at radius 2 is 2.05 bits per heavy atom. The fourth-order valence-corrected chi connectivity index (χ4v) is 3.04. The standard InChI is InChI=1S/C16H21N3O/c1-19(16(20)12-7-3-2-4-8-12)11-15-17-13-9-5-6-10-14(13)18-15/h5-6,9-10,12H,2-4,7-8,11H2,1H3,(H,17,18). The minimum Gasteiger partial charge on any atom is -0.340 e. The summed E-state index contributed by atoms with van der Waals surface area (Å²) in [6.07, 6.45) is 5.74.